The Morgan fingerprint density at radius 1 is 1.19 bits per heavy atom. The van der Waals surface area contributed by atoms with Gasteiger partial charge < -0.3 is 14.0 Å². The summed E-state index contributed by atoms with van der Waals surface area (Å²) in [4.78, 5) is 28.9. The number of halogens is 1. The average Bonchev–Trinajstić information content (AvgIpc) is 3.01. The average molecular weight is 405 g/mol. The first-order valence-electron chi connectivity index (χ1n) is 8.10. The SMILES string of the molecule is COC(=O)CCn1c(=NC(=O)c2cccc(Cl)c2)sc2cc(OC)ccc21. The number of aromatic nitrogens is 1. The summed E-state index contributed by atoms with van der Waals surface area (Å²) in [5, 5.41) is 0.468. The van der Waals surface area contributed by atoms with E-state index in [1.54, 1.807) is 31.4 Å². The highest BCUT2D eigenvalue weighted by atomic mass is 35.5. The van der Waals surface area contributed by atoms with E-state index in [2.05, 4.69) is 4.99 Å². The highest BCUT2D eigenvalue weighted by Gasteiger charge is 2.12. The van der Waals surface area contributed by atoms with Crippen LogP contribution < -0.4 is 9.54 Å². The maximum Gasteiger partial charge on any atom is 0.307 e. The molecule has 0 saturated carbocycles. The quantitative estimate of drug-likeness (QED) is 0.608. The molecule has 0 bridgehead atoms. The number of hydrogen-bond donors (Lipinski definition) is 0. The number of benzene rings is 2. The van der Waals surface area contributed by atoms with Crippen molar-refractivity contribution in [2.75, 3.05) is 14.2 Å². The number of aryl methyl sites for hydroxylation is 1. The molecule has 0 saturated heterocycles. The Kier molecular flexibility index (Phi) is 5.93. The van der Waals surface area contributed by atoms with Crippen molar-refractivity contribution < 1.29 is 19.1 Å². The Balaban J connectivity index is 2.08. The topological polar surface area (TPSA) is 69.9 Å². The summed E-state index contributed by atoms with van der Waals surface area (Å²) < 4.78 is 12.7. The molecule has 1 amide bonds. The van der Waals surface area contributed by atoms with Crippen LogP contribution >= 0.6 is 22.9 Å². The molecule has 0 atom stereocenters. The number of esters is 1. The van der Waals surface area contributed by atoms with E-state index in [4.69, 9.17) is 21.1 Å². The van der Waals surface area contributed by atoms with Crippen molar-refractivity contribution in [2.24, 2.45) is 4.99 Å². The van der Waals surface area contributed by atoms with E-state index < -0.39 is 5.91 Å². The van der Waals surface area contributed by atoms with Crippen molar-refractivity contribution in [3.05, 3.63) is 57.9 Å². The number of amides is 1. The Morgan fingerprint density at radius 2 is 2.00 bits per heavy atom. The zero-order chi connectivity index (χ0) is 19.4. The van der Waals surface area contributed by atoms with Crippen LogP contribution in [0.5, 0.6) is 5.75 Å². The maximum absolute atomic E-state index is 12.6. The number of carbonyl (C=O) groups excluding carboxylic acids is 2. The maximum atomic E-state index is 12.6. The lowest BCUT2D eigenvalue weighted by Gasteiger charge is -2.05. The van der Waals surface area contributed by atoms with Crippen molar-refractivity contribution in [2.45, 2.75) is 13.0 Å². The standard InChI is InChI=1S/C19H17ClN2O4S/c1-25-14-6-7-15-16(11-14)27-19(22(15)9-8-17(23)26-2)21-18(24)12-4-3-5-13(20)10-12/h3-7,10-11H,8-9H2,1-2H3. The van der Waals surface area contributed by atoms with Crippen molar-refractivity contribution in [3.63, 3.8) is 0 Å². The molecule has 3 rings (SSSR count). The van der Waals surface area contributed by atoms with E-state index in [0.717, 1.165) is 10.2 Å². The molecule has 0 aliphatic heterocycles. The first-order valence-corrected chi connectivity index (χ1v) is 9.30. The summed E-state index contributed by atoms with van der Waals surface area (Å²) >= 11 is 7.31. The third kappa shape index (κ3) is 4.37. The highest BCUT2D eigenvalue weighted by Crippen LogP contribution is 2.23. The smallest absolute Gasteiger partial charge is 0.307 e. The van der Waals surface area contributed by atoms with Crippen LogP contribution in [-0.4, -0.2) is 30.7 Å². The zero-order valence-electron chi connectivity index (χ0n) is 14.8. The molecule has 140 valence electrons. The summed E-state index contributed by atoms with van der Waals surface area (Å²) in [5.74, 6) is -0.0260. The molecule has 0 N–H and O–H groups in total. The monoisotopic (exact) mass is 404 g/mol. The van der Waals surface area contributed by atoms with Crippen LogP contribution in [0.2, 0.25) is 5.02 Å². The first-order chi connectivity index (χ1) is 13.0. The van der Waals surface area contributed by atoms with E-state index >= 15 is 0 Å². The number of methoxy groups -OCH3 is 2. The van der Waals surface area contributed by atoms with Crippen LogP contribution in [0, 0.1) is 0 Å². The Hall–Kier alpha value is -2.64. The van der Waals surface area contributed by atoms with Gasteiger partial charge in [-0.2, -0.15) is 4.99 Å². The lowest BCUT2D eigenvalue weighted by Crippen LogP contribution is -2.19. The van der Waals surface area contributed by atoms with Crippen LogP contribution in [-0.2, 0) is 16.1 Å². The third-order valence-corrected chi connectivity index (χ3v) is 5.20. The number of ether oxygens (including phenoxy) is 2. The summed E-state index contributed by atoms with van der Waals surface area (Å²) in [6, 6.07) is 12.2. The molecule has 6 nitrogen and oxygen atoms in total. The number of rotatable bonds is 5. The Morgan fingerprint density at radius 3 is 2.70 bits per heavy atom. The predicted molar refractivity (Wildman–Crippen MR) is 104 cm³/mol. The fourth-order valence-electron chi connectivity index (χ4n) is 2.56. The van der Waals surface area contributed by atoms with Gasteiger partial charge >= 0.3 is 5.97 Å². The molecule has 0 fully saturated rings. The lowest BCUT2D eigenvalue weighted by molar-refractivity contribution is -0.140. The second-order valence-corrected chi connectivity index (χ2v) is 7.07. The summed E-state index contributed by atoms with van der Waals surface area (Å²) in [7, 11) is 2.94. The van der Waals surface area contributed by atoms with Crippen molar-refractivity contribution in [3.8, 4) is 5.75 Å². The molecule has 2 aromatic carbocycles. The van der Waals surface area contributed by atoms with E-state index in [-0.39, 0.29) is 12.4 Å². The number of carbonyl (C=O) groups is 2. The van der Waals surface area contributed by atoms with Gasteiger partial charge in [-0.05, 0) is 36.4 Å². The van der Waals surface area contributed by atoms with E-state index in [9.17, 15) is 9.59 Å². The van der Waals surface area contributed by atoms with Crippen molar-refractivity contribution in [1.82, 2.24) is 4.57 Å². The number of hydrogen-bond acceptors (Lipinski definition) is 5. The van der Waals surface area contributed by atoms with Gasteiger partial charge in [0.05, 0.1) is 30.9 Å². The molecule has 0 spiro atoms. The van der Waals surface area contributed by atoms with Gasteiger partial charge in [0.25, 0.3) is 5.91 Å². The van der Waals surface area contributed by atoms with Gasteiger partial charge in [-0.15, -0.1) is 0 Å². The minimum atomic E-state index is -0.400. The molecule has 0 unspecified atom stereocenters. The van der Waals surface area contributed by atoms with Crippen LogP contribution in [0.25, 0.3) is 10.2 Å². The molecule has 0 aliphatic carbocycles. The van der Waals surface area contributed by atoms with Crippen LogP contribution in [0.15, 0.2) is 47.5 Å². The fourth-order valence-corrected chi connectivity index (χ4v) is 3.83. The molecular formula is C19H17ClN2O4S. The van der Waals surface area contributed by atoms with Gasteiger partial charge in [-0.25, -0.2) is 0 Å². The molecule has 1 heterocycles. The number of fused-ring (bicyclic) bond motifs is 1. The number of nitrogens with zero attached hydrogens (tertiary/aromatic N) is 2. The van der Waals surface area contributed by atoms with Gasteiger partial charge in [0.1, 0.15) is 5.75 Å². The minimum absolute atomic E-state index is 0.174. The molecular weight excluding hydrogens is 388 g/mol. The fraction of sp³-hybridized carbons (Fsp3) is 0.211. The van der Waals surface area contributed by atoms with Gasteiger partial charge in [0, 0.05) is 17.1 Å². The molecule has 0 aliphatic rings. The summed E-state index contributed by atoms with van der Waals surface area (Å²) in [5.41, 5.74) is 1.26. The molecule has 27 heavy (non-hydrogen) atoms. The second kappa shape index (κ2) is 8.37. The molecule has 0 radical (unpaired) electrons. The van der Waals surface area contributed by atoms with Crippen LogP contribution in [0.3, 0.4) is 0 Å². The molecule has 1 aromatic heterocycles. The van der Waals surface area contributed by atoms with Gasteiger partial charge in [-0.1, -0.05) is 29.0 Å². The number of thiazole rings is 1. The zero-order valence-corrected chi connectivity index (χ0v) is 16.3. The summed E-state index contributed by atoms with van der Waals surface area (Å²) in [6.45, 7) is 0.348. The lowest BCUT2D eigenvalue weighted by atomic mass is 10.2. The van der Waals surface area contributed by atoms with Crippen LogP contribution in [0.4, 0.5) is 0 Å². The van der Waals surface area contributed by atoms with E-state index in [1.165, 1.54) is 18.4 Å². The van der Waals surface area contributed by atoms with E-state index in [0.29, 0.717) is 27.7 Å². The predicted octanol–water partition coefficient (Wildman–Crippen LogP) is 3.67. The normalized spacial score (nSPS) is 11.6. The Bertz CT molecular complexity index is 1070. The van der Waals surface area contributed by atoms with Crippen LogP contribution in [0.1, 0.15) is 16.8 Å². The first kappa shape index (κ1) is 19.1. The third-order valence-electron chi connectivity index (χ3n) is 3.93. The second-order valence-electron chi connectivity index (χ2n) is 5.62. The van der Waals surface area contributed by atoms with Gasteiger partial charge in [0.2, 0.25) is 0 Å². The van der Waals surface area contributed by atoms with E-state index in [1.807, 2.05) is 22.8 Å². The molecule has 8 heteroatoms. The van der Waals surface area contributed by atoms with Gasteiger partial charge in [-0.3, -0.25) is 9.59 Å². The van der Waals surface area contributed by atoms with Gasteiger partial charge in [0.15, 0.2) is 4.80 Å². The minimum Gasteiger partial charge on any atom is -0.497 e. The summed E-state index contributed by atoms with van der Waals surface area (Å²) in [6.07, 6.45) is 0.174. The highest BCUT2D eigenvalue weighted by molar-refractivity contribution is 7.16. The molecule has 3 aromatic rings. The van der Waals surface area contributed by atoms with Crippen molar-refractivity contribution in [1.29, 1.82) is 0 Å². The van der Waals surface area contributed by atoms with Crippen molar-refractivity contribution >= 4 is 45.0 Å². The largest absolute Gasteiger partial charge is 0.497 e. The Labute approximate surface area is 164 Å².